The number of hydrogen-bond donors (Lipinski definition) is 2. The van der Waals surface area contributed by atoms with Crippen molar-refractivity contribution in [1.29, 1.82) is 0 Å². The van der Waals surface area contributed by atoms with E-state index in [4.69, 9.17) is 0 Å². The molecule has 0 saturated carbocycles. The normalized spacial score (nSPS) is 13.7. The van der Waals surface area contributed by atoms with Gasteiger partial charge in [-0.25, -0.2) is 4.79 Å². The van der Waals surface area contributed by atoms with Gasteiger partial charge in [-0.3, -0.25) is 10.1 Å². The zero-order chi connectivity index (χ0) is 14.6. The molecule has 0 amide bonds. The summed E-state index contributed by atoms with van der Waals surface area (Å²) in [7, 11) is 0. The Bertz CT molecular complexity index is 487. The van der Waals surface area contributed by atoms with Crippen LogP contribution in [0.1, 0.15) is 24.2 Å². The van der Waals surface area contributed by atoms with E-state index in [9.17, 15) is 25.1 Å². The number of aliphatic hydroxyl groups excluding tert-OH is 2. The summed E-state index contributed by atoms with van der Waals surface area (Å²) in [6, 6.07) is 3.90. The van der Waals surface area contributed by atoms with Gasteiger partial charge in [-0.1, -0.05) is 6.07 Å². The average molecular weight is 269 g/mol. The van der Waals surface area contributed by atoms with Crippen LogP contribution >= 0.6 is 0 Å². The summed E-state index contributed by atoms with van der Waals surface area (Å²) in [5.41, 5.74) is 0.414. The van der Waals surface area contributed by atoms with Crippen molar-refractivity contribution >= 4 is 11.7 Å². The van der Waals surface area contributed by atoms with Crippen LogP contribution in [0.5, 0.6) is 0 Å². The first-order chi connectivity index (χ1) is 8.86. The van der Waals surface area contributed by atoms with E-state index in [1.807, 2.05) is 0 Å². The number of esters is 1. The standard InChI is InChI=1S/C12H15NO6/c1-3-19-12(16)11(15)10(14)8-4-7(2)5-9(6-8)13(17)18/h4-6,10-11,14-15H,3H2,1-2H3. The van der Waals surface area contributed by atoms with Gasteiger partial charge in [-0.05, 0) is 25.0 Å². The predicted octanol–water partition coefficient (Wildman–Crippen LogP) is 0.861. The number of benzene rings is 1. The van der Waals surface area contributed by atoms with Crippen LogP contribution in [0.4, 0.5) is 5.69 Å². The Kier molecular flexibility index (Phi) is 4.96. The number of aryl methyl sites for hydroxylation is 1. The smallest absolute Gasteiger partial charge is 0.338 e. The van der Waals surface area contributed by atoms with Crippen molar-refractivity contribution in [2.75, 3.05) is 6.61 Å². The molecule has 0 aliphatic carbocycles. The lowest BCUT2D eigenvalue weighted by atomic mass is 10.0. The zero-order valence-corrected chi connectivity index (χ0v) is 10.6. The molecule has 0 spiro atoms. The highest BCUT2D eigenvalue weighted by atomic mass is 16.6. The zero-order valence-electron chi connectivity index (χ0n) is 10.6. The van der Waals surface area contributed by atoms with Crippen molar-refractivity contribution < 1.29 is 24.7 Å². The Morgan fingerprint density at radius 2 is 2.05 bits per heavy atom. The van der Waals surface area contributed by atoms with Crippen LogP contribution < -0.4 is 0 Å². The third kappa shape index (κ3) is 3.73. The molecule has 0 bridgehead atoms. The Morgan fingerprint density at radius 1 is 1.42 bits per heavy atom. The molecule has 0 radical (unpaired) electrons. The molecule has 2 unspecified atom stereocenters. The maximum Gasteiger partial charge on any atom is 0.338 e. The predicted molar refractivity (Wildman–Crippen MR) is 65.4 cm³/mol. The Hall–Kier alpha value is -1.99. The molecule has 2 atom stereocenters. The van der Waals surface area contributed by atoms with Crippen LogP contribution in [-0.2, 0) is 9.53 Å². The van der Waals surface area contributed by atoms with E-state index in [2.05, 4.69) is 4.74 Å². The molecule has 0 fully saturated rings. The lowest BCUT2D eigenvalue weighted by molar-refractivity contribution is -0.385. The Balaban J connectivity index is 3.02. The molecule has 19 heavy (non-hydrogen) atoms. The van der Waals surface area contributed by atoms with Crippen molar-refractivity contribution in [2.45, 2.75) is 26.1 Å². The summed E-state index contributed by atoms with van der Waals surface area (Å²) < 4.78 is 4.57. The first-order valence-electron chi connectivity index (χ1n) is 5.65. The largest absolute Gasteiger partial charge is 0.464 e. The molecule has 7 heteroatoms. The van der Waals surface area contributed by atoms with Gasteiger partial charge in [0.25, 0.3) is 5.69 Å². The van der Waals surface area contributed by atoms with Gasteiger partial charge in [0, 0.05) is 12.1 Å². The maximum atomic E-state index is 11.3. The van der Waals surface area contributed by atoms with E-state index < -0.39 is 23.1 Å². The van der Waals surface area contributed by atoms with Gasteiger partial charge in [0.1, 0.15) is 6.10 Å². The fraction of sp³-hybridized carbons (Fsp3) is 0.417. The lowest BCUT2D eigenvalue weighted by Gasteiger charge is -2.17. The number of rotatable bonds is 5. The van der Waals surface area contributed by atoms with Crippen LogP contribution in [0.3, 0.4) is 0 Å². The van der Waals surface area contributed by atoms with Crippen molar-refractivity contribution in [3.63, 3.8) is 0 Å². The van der Waals surface area contributed by atoms with Gasteiger partial charge < -0.3 is 14.9 Å². The summed E-state index contributed by atoms with van der Waals surface area (Å²) in [4.78, 5) is 21.4. The molecule has 1 rings (SSSR count). The Labute approximate surface area is 109 Å². The maximum absolute atomic E-state index is 11.3. The van der Waals surface area contributed by atoms with Crippen LogP contribution in [0.2, 0.25) is 0 Å². The van der Waals surface area contributed by atoms with Gasteiger partial charge in [0.2, 0.25) is 0 Å². The van der Waals surface area contributed by atoms with Gasteiger partial charge in [-0.2, -0.15) is 0 Å². The summed E-state index contributed by atoms with van der Waals surface area (Å²) in [5.74, 6) is -0.973. The summed E-state index contributed by atoms with van der Waals surface area (Å²) in [6.45, 7) is 3.24. The third-order valence-electron chi connectivity index (χ3n) is 2.46. The van der Waals surface area contributed by atoms with Crippen LogP contribution in [0, 0.1) is 17.0 Å². The van der Waals surface area contributed by atoms with E-state index in [0.717, 1.165) is 6.07 Å². The van der Waals surface area contributed by atoms with Crippen LogP contribution in [0.25, 0.3) is 0 Å². The number of nitro benzene ring substituents is 1. The van der Waals surface area contributed by atoms with Gasteiger partial charge in [0.05, 0.1) is 11.5 Å². The number of aliphatic hydroxyl groups is 2. The summed E-state index contributed by atoms with van der Waals surface area (Å²) >= 11 is 0. The highest BCUT2D eigenvalue weighted by Crippen LogP contribution is 2.24. The van der Waals surface area contributed by atoms with Crippen LogP contribution in [0.15, 0.2) is 18.2 Å². The molecule has 1 aromatic carbocycles. The van der Waals surface area contributed by atoms with Crippen molar-refractivity contribution in [3.05, 3.63) is 39.4 Å². The molecule has 0 aliphatic heterocycles. The molecule has 1 aromatic rings. The fourth-order valence-corrected chi connectivity index (χ4v) is 1.61. The molecule has 7 nitrogen and oxygen atoms in total. The van der Waals surface area contributed by atoms with E-state index >= 15 is 0 Å². The molecular weight excluding hydrogens is 254 g/mol. The summed E-state index contributed by atoms with van der Waals surface area (Å²) in [5, 5.41) is 30.1. The first-order valence-corrected chi connectivity index (χ1v) is 5.65. The minimum atomic E-state index is -1.78. The third-order valence-corrected chi connectivity index (χ3v) is 2.46. The molecular formula is C12H15NO6. The second-order valence-corrected chi connectivity index (χ2v) is 4.00. The molecule has 0 aliphatic rings. The number of hydrogen-bond acceptors (Lipinski definition) is 6. The highest BCUT2D eigenvalue weighted by molar-refractivity contribution is 5.75. The van der Waals surface area contributed by atoms with Crippen molar-refractivity contribution in [1.82, 2.24) is 0 Å². The number of ether oxygens (including phenoxy) is 1. The van der Waals surface area contributed by atoms with E-state index in [1.54, 1.807) is 13.8 Å². The number of nitro groups is 1. The molecule has 2 N–H and O–H groups in total. The molecule has 104 valence electrons. The molecule has 0 saturated heterocycles. The number of carbonyl (C=O) groups excluding carboxylic acids is 1. The molecule has 0 aromatic heterocycles. The SMILES string of the molecule is CCOC(=O)C(O)C(O)c1cc(C)cc([N+](=O)[O-])c1. The minimum Gasteiger partial charge on any atom is -0.464 e. The van der Waals surface area contributed by atoms with Crippen LogP contribution in [-0.4, -0.2) is 33.8 Å². The highest BCUT2D eigenvalue weighted by Gasteiger charge is 2.28. The van der Waals surface area contributed by atoms with Crippen molar-refractivity contribution in [3.8, 4) is 0 Å². The topological polar surface area (TPSA) is 110 Å². The van der Waals surface area contributed by atoms with Crippen molar-refractivity contribution in [2.24, 2.45) is 0 Å². The summed E-state index contributed by atoms with van der Waals surface area (Å²) in [6.07, 6.45) is -3.35. The lowest BCUT2D eigenvalue weighted by Crippen LogP contribution is -2.30. The van der Waals surface area contributed by atoms with Gasteiger partial charge in [0.15, 0.2) is 6.10 Å². The Morgan fingerprint density at radius 3 is 2.58 bits per heavy atom. The minimum absolute atomic E-state index is 0.0661. The van der Waals surface area contributed by atoms with E-state index in [-0.39, 0.29) is 17.9 Å². The second kappa shape index (κ2) is 6.26. The van der Waals surface area contributed by atoms with E-state index in [0.29, 0.717) is 5.56 Å². The van der Waals surface area contributed by atoms with Gasteiger partial charge in [-0.15, -0.1) is 0 Å². The fourth-order valence-electron chi connectivity index (χ4n) is 1.61. The van der Waals surface area contributed by atoms with Gasteiger partial charge >= 0.3 is 5.97 Å². The average Bonchev–Trinajstić information content (AvgIpc) is 2.36. The number of non-ortho nitro benzene ring substituents is 1. The number of nitrogens with zero attached hydrogens (tertiary/aromatic N) is 1. The van der Waals surface area contributed by atoms with E-state index in [1.165, 1.54) is 12.1 Å². The monoisotopic (exact) mass is 269 g/mol. The second-order valence-electron chi connectivity index (χ2n) is 4.00. The number of carbonyl (C=O) groups is 1. The first kappa shape index (κ1) is 15.1. The quantitative estimate of drug-likeness (QED) is 0.466. The molecule has 0 heterocycles.